The first kappa shape index (κ1) is 12.8. The van der Waals surface area contributed by atoms with Gasteiger partial charge in [0.05, 0.1) is 12.2 Å². The van der Waals surface area contributed by atoms with Gasteiger partial charge in [0.15, 0.2) is 0 Å². The van der Waals surface area contributed by atoms with Gasteiger partial charge in [0.25, 0.3) is 0 Å². The fourth-order valence-corrected chi connectivity index (χ4v) is 3.49. The SMILES string of the molecule is CC1CCCC(O)(C2(C(=O)O)CCCOC2)C1. The smallest absolute Gasteiger partial charge is 0.314 e. The Labute approximate surface area is 102 Å². The number of carboxylic acid groups (broad SMARTS) is 1. The molecule has 2 fully saturated rings. The van der Waals surface area contributed by atoms with Crippen molar-refractivity contribution in [3.8, 4) is 0 Å². The van der Waals surface area contributed by atoms with Gasteiger partial charge in [-0.1, -0.05) is 19.8 Å². The summed E-state index contributed by atoms with van der Waals surface area (Å²) in [6, 6.07) is 0. The van der Waals surface area contributed by atoms with Crippen LogP contribution in [0, 0.1) is 11.3 Å². The zero-order valence-electron chi connectivity index (χ0n) is 10.4. The van der Waals surface area contributed by atoms with Crippen LogP contribution < -0.4 is 0 Å². The van der Waals surface area contributed by atoms with Gasteiger partial charge in [-0.25, -0.2) is 0 Å². The number of aliphatic hydroxyl groups is 1. The van der Waals surface area contributed by atoms with Gasteiger partial charge in [-0.05, 0) is 31.6 Å². The Bertz CT molecular complexity index is 296. The number of hydrogen-bond acceptors (Lipinski definition) is 3. The minimum atomic E-state index is -1.09. The van der Waals surface area contributed by atoms with Crippen LogP contribution in [0.3, 0.4) is 0 Å². The minimum Gasteiger partial charge on any atom is -0.481 e. The first-order valence-electron chi connectivity index (χ1n) is 6.54. The predicted octanol–water partition coefficient (Wildman–Crippen LogP) is 1.81. The maximum absolute atomic E-state index is 11.6. The van der Waals surface area contributed by atoms with Crippen molar-refractivity contribution in [2.24, 2.45) is 11.3 Å². The van der Waals surface area contributed by atoms with Crippen LogP contribution in [-0.4, -0.2) is 35.0 Å². The average molecular weight is 242 g/mol. The summed E-state index contributed by atoms with van der Waals surface area (Å²) in [6.07, 6.45) is 4.43. The number of hydrogen-bond donors (Lipinski definition) is 2. The Kier molecular flexibility index (Phi) is 3.46. The Hall–Kier alpha value is -0.610. The summed E-state index contributed by atoms with van der Waals surface area (Å²) >= 11 is 0. The highest BCUT2D eigenvalue weighted by Crippen LogP contribution is 2.48. The molecule has 4 nitrogen and oxygen atoms in total. The van der Waals surface area contributed by atoms with Crippen LogP contribution in [0.25, 0.3) is 0 Å². The summed E-state index contributed by atoms with van der Waals surface area (Å²) in [4.78, 5) is 11.6. The molecule has 1 saturated carbocycles. The molecule has 2 aliphatic rings. The topological polar surface area (TPSA) is 66.8 Å². The van der Waals surface area contributed by atoms with Crippen molar-refractivity contribution >= 4 is 5.97 Å². The summed E-state index contributed by atoms with van der Waals surface area (Å²) in [5.74, 6) is -0.499. The molecule has 0 radical (unpaired) electrons. The highest BCUT2D eigenvalue weighted by atomic mass is 16.5. The van der Waals surface area contributed by atoms with E-state index in [1.165, 1.54) is 0 Å². The monoisotopic (exact) mass is 242 g/mol. The van der Waals surface area contributed by atoms with E-state index in [4.69, 9.17) is 4.74 Å². The third kappa shape index (κ3) is 2.08. The number of aliphatic carboxylic acids is 1. The lowest BCUT2D eigenvalue weighted by atomic mass is 9.61. The molecule has 2 rings (SSSR count). The van der Waals surface area contributed by atoms with Crippen LogP contribution in [0.4, 0.5) is 0 Å². The second kappa shape index (κ2) is 4.58. The fourth-order valence-electron chi connectivity index (χ4n) is 3.49. The molecule has 1 saturated heterocycles. The third-order valence-electron chi connectivity index (χ3n) is 4.51. The van der Waals surface area contributed by atoms with Crippen molar-refractivity contribution in [2.75, 3.05) is 13.2 Å². The molecule has 98 valence electrons. The minimum absolute atomic E-state index is 0.158. The van der Waals surface area contributed by atoms with Crippen molar-refractivity contribution in [2.45, 2.75) is 51.0 Å². The molecule has 3 atom stereocenters. The first-order chi connectivity index (χ1) is 8.00. The Morgan fingerprint density at radius 1 is 1.35 bits per heavy atom. The summed E-state index contributed by atoms with van der Waals surface area (Å²) < 4.78 is 5.36. The van der Waals surface area contributed by atoms with Gasteiger partial charge in [0.1, 0.15) is 5.41 Å². The molecule has 0 aromatic heterocycles. The third-order valence-corrected chi connectivity index (χ3v) is 4.51. The van der Waals surface area contributed by atoms with Crippen molar-refractivity contribution in [1.82, 2.24) is 0 Å². The molecular formula is C13H22O4. The number of ether oxygens (including phenoxy) is 1. The molecule has 1 aliphatic carbocycles. The van der Waals surface area contributed by atoms with Crippen LogP contribution in [0.2, 0.25) is 0 Å². The molecule has 4 heteroatoms. The van der Waals surface area contributed by atoms with Gasteiger partial charge in [-0.3, -0.25) is 4.79 Å². The molecule has 0 spiro atoms. The Morgan fingerprint density at radius 3 is 2.65 bits per heavy atom. The second-order valence-electron chi connectivity index (χ2n) is 5.78. The van der Waals surface area contributed by atoms with E-state index in [1.807, 2.05) is 0 Å². The van der Waals surface area contributed by atoms with Crippen LogP contribution in [0.1, 0.15) is 45.4 Å². The summed E-state index contributed by atoms with van der Waals surface area (Å²) in [5, 5.41) is 20.4. The van der Waals surface area contributed by atoms with Gasteiger partial charge in [-0.15, -0.1) is 0 Å². The fraction of sp³-hybridized carbons (Fsp3) is 0.923. The maximum atomic E-state index is 11.6. The lowest BCUT2D eigenvalue weighted by Crippen LogP contribution is -2.59. The molecule has 1 aliphatic heterocycles. The molecule has 17 heavy (non-hydrogen) atoms. The summed E-state index contributed by atoms with van der Waals surface area (Å²) in [5.41, 5.74) is -2.17. The van der Waals surface area contributed by atoms with E-state index in [-0.39, 0.29) is 6.61 Å². The van der Waals surface area contributed by atoms with Crippen LogP contribution in [0.15, 0.2) is 0 Å². The summed E-state index contributed by atoms with van der Waals surface area (Å²) in [6.45, 7) is 2.86. The normalized spacial score (nSPS) is 43.3. The van der Waals surface area contributed by atoms with Crippen molar-refractivity contribution in [3.05, 3.63) is 0 Å². The average Bonchev–Trinajstić information content (AvgIpc) is 2.29. The second-order valence-corrected chi connectivity index (χ2v) is 5.78. The van der Waals surface area contributed by atoms with Gasteiger partial charge in [-0.2, -0.15) is 0 Å². The molecule has 0 aromatic carbocycles. The van der Waals surface area contributed by atoms with E-state index in [9.17, 15) is 15.0 Å². The zero-order chi connectivity index (χ0) is 12.5. The Balaban J connectivity index is 2.28. The first-order valence-corrected chi connectivity index (χ1v) is 6.54. The molecule has 0 bridgehead atoms. The van der Waals surface area contributed by atoms with E-state index in [0.29, 0.717) is 31.8 Å². The number of carboxylic acids is 1. The highest BCUT2D eigenvalue weighted by molar-refractivity contribution is 5.76. The lowest BCUT2D eigenvalue weighted by molar-refractivity contribution is -0.199. The van der Waals surface area contributed by atoms with Crippen LogP contribution in [-0.2, 0) is 9.53 Å². The Morgan fingerprint density at radius 2 is 2.12 bits per heavy atom. The number of rotatable bonds is 2. The van der Waals surface area contributed by atoms with Gasteiger partial charge in [0.2, 0.25) is 0 Å². The number of carbonyl (C=O) groups is 1. The molecule has 2 N–H and O–H groups in total. The molecular weight excluding hydrogens is 220 g/mol. The quantitative estimate of drug-likeness (QED) is 0.775. The van der Waals surface area contributed by atoms with Crippen molar-refractivity contribution < 1.29 is 19.7 Å². The highest BCUT2D eigenvalue weighted by Gasteiger charge is 2.57. The summed E-state index contributed by atoms with van der Waals surface area (Å²) in [7, 11) is 0. The van der Waals surface area contributed by atoms with E-state index in [2.05, 4.69) is 6.92 Å². The van der Waals surface area contributed by atoms with Crippen LogP contribution >= 0.6 is 0 Å². The molecule has 0 amide bonds. The van der Waals surface area contributed by atoms with Gasteiger partial charge < -0.3 is 14.9 Å². The van der Waals surface area contributed by atoms with Gasteiger partial charge in [0, 0.05) is 6.61 Å². The molecule has 3 unspecified atom stereocenters. The van der Waals surface area contributed by atoms with E-state index in [1.54, 1.807) is 0 Å². The van der Waals surface area contributed by atoms with Crippen molar-refractivity contribution in [3.63, 3.8) is 0 Å². The van der Waals surface area contributed by atoms with Gasteiger partial charge >= 0.3 is 5.97 Å². The zero-order valence-corrected chi connectivity index (χ0v) is 10.4. The van der Waals surface area contributed by atoms with E-state index < -0.39 is 17.0 Å². The standard InChI is InChI=1S/C13H22O4/c1-10-4-2-6-13(16,8-10)12(11(14)15)5-3-7-17-9-12/h10,16H,2-9H2,1H3,(H,14,15). The predicted molar refractivity (Wildman–Crippen MR) is 62.7 cm³/mol. The molecule has 1 heterocycles. The molecule has 0 aromatic rings. The lowest BCUT2D eigenvalue weighted by Gasteiger charge is -2.49. The van der Waals surface area contributed by atoms with Crippen molar-refractivity contribution in [1.29, 1.82) is 0 Å². The van der Waals surface area contributed by atoms with E-state index in [0.717, 1.165) is 19.3 Å². The van der Waals surface area contributed by atoms with E-state index >= 15 is 0 Å². The van der Waals surface area contributed by atoms with Crippen LogP contribution in [0.5, 0.6) is 0 Å². The maximum Gasteiger partial charge on any atom is 0.314 e. The largest absolute Gasteiger partial charge is 0.481 e.